The highest BCUT2D eigenvalue weighted by molar-refractivity contribution is 6.21. The van der Waals surface area contributed by atoms with E-state index in [4.69, 9.17) is 9.31 Å². The Labute approximate surface area is 159 Å². The predicted octanol–water partition coefficient (Wildman–Crippen LogP) is 3.83. The largest absolute Gasteiger partial charge is 0.576 e. The van der Waals surface area contributed by atoms with Crippen molar-refractivity contribution in [3.8, 4) is 23.0 Å². The Bertz CT molecular complexity index is 812. The first-order valence-corrected chi connectivity index (χ1v) is 7.46. The molecule has 0 aliphatic carbocycles. The van der Waals surface area contributed by atoms with Crippen LogP contribution in [0.25, 0.3) is 0 Å². The summed E-state index contributed by atoms with van der Waals surface area (Å²) in [5.41, 5.74) is -0.114. The Kier molecular flexibility index (Phi) is 6.62. The van der Waals surface area contributed by atoms with E-state index in [-0.39, 0.29) is 11.1 Å². The van der Waals surface area contributed by atoms with E-state index in [2.05, 4.69) is 9.47 Å². The van der Waals surface area contributed by atoms with Crippen molar-refractivity contribution >= 4 is 20.3 Å². The monoisotopic (exact) mass is 422 g/mol. The lowest BCUT2D eigenvalue weighted by Gasteiger charge is -2.16. The fourth-order valence-electron chi connectivity index (χ4n) is 2.00. The van der Waals surface area contributed by atoms with Crippen LogP contribution in [0.3, 0.4) is 0 Å². The second kappa shape index (κ2) is 8.75. The zero-order valence-electron chi connectivity index (χ0n) is 14.0. The van der Waals surface area contributed by atoms with E-state index in [1.807, 2.05) is 0 Å². The fourth-order valence-corrected chi connectivity index (χ4v) is 2.00. The van der Waals surface area contributed by atoms with Crippen LogP contribution in [0.1, 0.15) is 20.7 Å². The number of carbonyl (C=O) groups excluding carboxylic acids is 2. The molecule has 0 bridgehead atoms. The van der Waals surface area contributed by atoms with Gasteiger partial charge in [-0.05, 0) is 36.4 Å². The highest BCUT2D eigenvalue weighted by Gasteiger charge is 2.33. The van der Waals surface area contributed by atoms with Crippen molar-refractivity contribution in [2.24, 2.45) is 0 Å². The summed E-state index contributed by atoms with van der Waals surface area (Å²) in [4.78, 5) is 21.6. The van der Waals surface area contributed by atoms with Crippen LogP contribution >= 0.6 is 0 Å². The SMILES string of the molecule is O=Cc1ccc(OC(F)(F)F)c(OBOc2cc(C=O)ccc2OC(F)(F)F)c1. The predicted molar refractivity (Wildman–Crippen MR) is 85.4 cm³/mol. The molecule has 0 aliphatic heterocycles. The van der Waals surface area contributed by atoms with Gasteiger partial charge < -0.3 is 18.8 Å². The lowest BCUT2D eigenvalue weighted by atomic mass is 10.2. The molecule has 6 nitrogen and oxygen atoms in total. The third kappa shape index (κ3) is 6.94. The lowest BCUT2D eigenvalue weighted by Crippen LogP contribution is -2.20. The molecule has 0 N–H and O–H groups in total. The van der Waals surface area contributed by atoms with Crippen molar-refractivity contribution < 1.29 is 54.7 Å². The Morgan fingerprint density at radius 3 is 1.34 bits per heavy atom. The molecule has 13 heteroatoms. The number of benzene rings is 2. The Morgan fingerprint density at radius 2 is 1.03 bits per heavy atom. The van der Waals surface area contributed by atoms with Crippen LogP contribution in [0.2, 0.25) is 0 Å². The van der Waals surface area contributed by atoms with E-state index < -0.39 is 43.4 Å². The van der Waals surface area contributed by atoms with Crippen LogP contribution in [0.15, 0.2) is 36.4 Å². The van der Waals surface area contributed by atoms with Gasteiger partial charge in [-0.1, -0.05) is 0 Å². The smallest absolute Gasteiger partial charge is 0.526 e. The maximum absolute atomic E-state index is 12.5. The van der Waals surface area contributed by atoms with Gasteiger partial charge in [0.1, 0.15) is 24.1 Å². The molecule has 0 saturated heterocycles. The summed E-state index contributed by atoms with van der Waals surface area (Å²) in [5, 5.41) is 0. The van der Waals surface area contributed by atoms with Gasteiger partial charge >= 0.3 is 20.4 Å². The van der Waals surface area contributed by atoms with Gasteiger partial charge in [0.25, 0.3) is 0 Å². The lowest BCUT2D eigenvalue weighted by molar-refractivity contribution is -0.275. The van der Waals surface area contributed by atoms with Gasteiger partial charge in [-0.25, -0.2) is 0 Å². The van der Waals surface area contributed by atoms with E-state index in [1.165, 1.54) is 0 Å². The highest BCUT2D eigenvalue weighted by atomic mass is 19.4. The first-order valence-electron chi connectivity index (χ1n) is 7.46. The zero-order chi connectivity index (χ0) is 21.7. The summed E-state index contributed by atoms with van der Waals surface area (Å²) in [6.45, 7) is 0. The Morgan fingerprint density at radius 1 is 0.655 bits per heavy atom. The van der Waals surface area contributed by atoms with E-state index >= 15 is 0 Å². The van der Waals surface area contributed by atoms with Crippen LogP contribution in [0.5, 0.6) is 23.0 Å². The van der Waals surface area contributed by atoms with Crippen LogP contribution in [0, 0.1) is 0 Å². The molecule has 154 valence electrons. The van der Waals surface area contributed by atoms with E-state index in [0.29, 0.717) is 12.6 Å². The summed E-state index contributed by atoms with van der Waals surface area (Å²) >= 11 is 0. The molecular formula is C16H9BF6O6. The minimum atomic E-state index is -5.06. The number of hydrogen-bond acceptors (Lipinski definition) is 6. The summed E-state index contributed by atoms with van der Waals surface area (Å²) in [5.74, 6) is -2.73. The molecule has 0 atom stereocenters. The van der Waals surface area contributed by atoms with Gasteiger partial charge in [-0.3, -0.25) is 9.59 Å². The number of rotatable bonds is 8. The van der Waals surface area contributed by atoms with Crippen LogP contribution in [0.4, 0.5) is 26.3 Å². The molecule has 0 fully saturated rings. The fraction of sp³-hybridized carbons (Fsp3) is 0.125. The van der Waals surface area contributed by atoms with Crippen LogP contribution < -0.4 is 18.8 Å². The molecule has 0 radical (unpaired) electrons. The van der Waals surface area contributed by atoms with Crippen LogP contribution in [-0.2, 0) is 0 Å². The van der Waals surface area contributed by atoms with Crippen LogP contribution in [-0.4, -0.2) is 33.0 Å². The van der Waals surface area contributed by atoms with E-state index in [0.717, 1.165) is 36.4 Å². The maximum atomic E-state index is 12.5. The minimum absolute atomic E-state index is 0.0569. The number of hydrogen-bond donors (Lipinski definition) is 0. The molecule has 0 spiro atoms. The second-order valence-electron chi connectivity index (χ2n) is 5.15. The van der Waals surface area contributed by atoms with Crippen molar-refractivity contribution in [1.29, 1.82) is 0 Å². The minimum Gasteiger partial charge on any atom is -0.526 e. The number of carbonyl (C=O) groups is 2. The second-order valence-corrected chi connectivity index (χ2v) is 5.15. The molecule has 0 saturated carbocycles. The zero-order valence-corrected chi connectivity index (χ0v) is 14.0. The van der Waals surface area contributed by atoms with Crippen molar-refractivity contribution in [3.05, 3.63) is 47.5 Å². The molecule has 2 aromatic rings. The topological polar surface area (TPSA) is 71.1 Å². The Hall–Kier alpha value is -3.38. The van der Waals surface area contributed by atoms with Crippen molar-refractivity contribution in [2.75, 3.05) is 0 Å². The molecule has 2 aromatic carbocycles. The average molecular weight is 422 g/mol. The standard InChI is InChI=1S/C16H9BF6O6/c18-15(19,20)26-11-3-1-9(7-24)5-13(11)28-17-29-14-6-10(8-25)2-4-12(14)27-16(21,22)23/h1-8,17H. The molecule has 0 amide bonds. The number of alkyl halides is 6. The van der Waals surface area contributed by atoms with Gasteiger partial charge in [-0.2, -0.15) is 0 Å². The molecule has 29 heavy (non-hydrogen) atoms. The molecular weight excluding hydrogens is 413 g/mol. The number of aldehydes is 2. The molecule has 0 aliphatic rings. The summed E-state index contributed by atoms with van der Waals surface area (Å²) in [7, 11) is -0.896. The molecule has 0 aromatic heterocycles. The normalized spacial score (nSPS) is 11.4. The quantitative estimate of drug-likeness (QED) is 0.366. The summed E-state index contributed by atoms with van der Waals surface area (Å²) < 4.78 is 92.1. The third-order valence-corrected chi connectivity index (χ3v) is 3.09. The highest BCUT2D eigenvalue weighted by Crippen LogP contribution is 2.35. The number of halogens is 6. The van der Waals surface area contributed by atoms with Gasteiger partial charge in [0.2, 0.25) is 0 Å². The summed E-state index contributed by atoms with van der Waals surface area (Å²) in [6.07, 6.45) is -9.47. The van der Waals surface area contributed by atoms with E-state index in [9.17, 15) is 35.9 Å². The first-order chi connectivity index (χ1) is 13.5. The van der Waals surface area contributed by atoms with Gasteiger partial charge in [0.05, 0.1) is 0 Å². The molecule has 0 heterocycles. The van der Waals surface area contributed by atoms with Crippen molar-refractivity contribution in [2.45, 2.75) is 12.7 Å². The third-order valence-electron chi connectivity index (χ3n) is 3.09. The van der Waals surface area contributed by atoms with Gasteiger partial charge in [0, 0.05) is 11.1 Å². The summed E-state index contributed by atoms with van der Waals surface area (Å²) in [6, 6.07) is 5.52. The first kappa shape index (κ1) is 21.9. The van der Waals surface area contributed by atoms with Gasteiger partial charge in [-0.15, -0.1) is 26.3 Å². The maximum Gasteiger partial charge on any atom is 0.576 e. The molecule has 0 unspecified atom stereocenters. The van der Waals surface area contributed by atoms with Crippen molar-refractivity contribution in [1.82, 2.24) is 0 Å². The van der Waals surface area contributed by atoms with Gasteiger partial charge in [0.15, 0.2) is 11.5 Å². The number of ether oxygens (including phenoxy) is 2. The van der Waals surface area contributed by atoms with E-state index in [1.54, 1.807) is 0 Å². The molecule has 2 rings (SSSR count). The van der Waals surface area contributed by atoms with Crippen molar-refractivity contribution in [3.63, 3.8) is 0 Å². The average Bonchev–Trinajstić information content (AvgIpc) is 2.61. The Balaban J connectivity index is 2.20.